The number of hydrogen-bond donors (Lipinski definition) is 3. The van der Waals surface area contributed by atoms with Gasteiger partial charge in [-0.2, -0.15) is 0 Å². The van der Waals surface area contributed by atoms with E-state index in [1.165, 1.54) is 25.7 Å². The number of aliphatic hydroxyl groups excluding tert-OH is 2. The second-order valence-electron chi connectivity index (χ2n) is 11.4. The van der Waals surface area contributed by atoms with Crippen molar-refractivity contribution in [1.29, 1.82) is 0 Å². The van der Waals surface area contributed by atoms with Crippen molar-refractivity contribution in [2.45, 2.75) is 97.2 Å². The molecule has 0 radical (unpaired) electrons. The van der Waals surface area contributed by atoms with Crippen LogP contribution in [0, 0.1) is 46.3 Å². The summed E-state index contributed by atoms with van der Waals surface area (Å²) in [5.41, 5.74) is 0.523. The smallest absolute Gasteiger partial charge is 0.303 e. The van der Waals surface area contributed by atoms with E-state index in [1.807, 2.05) is 0 Å². The summed E-state index contributed by atoms with van der Waals surface area (Å²) in [7, 11) is 0. The molecule has 1 unspecified atom stereocenters. The molecule has 4 saturated carbocycles. The molecule has 0 saturated heterocycles. The number of fused-ring (bicyclic) bond motifs is 5. The Bertz CT molecular complexity index is 605. The van der Waals surface area contributed by atoms with E-state index in [-0.39, 0.29) is 29.5 Å². The Balaban J connectivity index is 1.55. The van der Waals surface area contributed by atoms with E-state index < -0.39 is 5.97 Å². The van der Waals surface area contributed by atoms with Crippen LogP contribution in [0.2, 0.25) is 0 Å². The predicted molar refractivity (Wildman–Crippen MR) is 109 cm³/mol. The molecule has 0 heterocycles. The number of aliphatic hydroxyl groups is 2. The monoisotopic (exact) mass is 392 g/mol. The molecule has 0 aromatic heterocycles. The number of aliphatic carboxylic acids is 1. The Hall–Kier alpha value is -0.610. The molecule has 0 spiro atoms. The van der Waals surface area contributed by atoms with Gasteiger partial charge in [0.25, 0.3) is 0 Å². The maximum atomic E-state index is 11.2. The molecule has 28 heavy (non-hydrogen) atoms. The van der Waals surface area contributed by atoms with Gasteiger partial charge in [-0.3, -0.25) is 4.79 Å². The Morgan fingerprint density at radius 2 is 1.68 bits per heavy atom. The zero-order chi connectivity index (χ0) is 20.3. The van der Waals surface area contributed by atoms with Crippen LogP contribution in [0.1, 0.15) is 85.0 Å². The number of carboxylic acids is 1. The van der Waals surface area contributed by atoms with E-state index in [0.717, 1.165) is 32.1 Å². The third-order valence-corrected chi connectivity index (χ3v) is 10.2. The lowest BCUT2D eigenvalue weighted by Gasteiger charge is -2.62. The lowest BCUT2D eigenvalue weighted by molar-refractivity contribution is -0.174. The number of carboxylic acid groups (broad SMARTS) is 1. The van der Waals surface area contributed by atoms with Crippen LogP contribution in [-0.4, -0.2) is 33.5 Å². The summed E-state index contributed by atoms with van der Waals surface area (Å²) >= 11 is 0. The maximum absolute atomic E-state index is 11.2. The van der Waals surface area contributed by atoms with Crippen LogP contribution < -0.4 is 0 Å². The molecular formula is C24H40O4. The van der Waals surface area contributed by atoms with E-state index in [4.69, 9.17) is 5.11 Å². The first-order valence-electron chi connectivity index (χ1n) is 11.7. The molecule has 4 aliphatic carbocycles. The molecule has 0 bridgehead atoms. The van der Waals surface area contributed by atoms with Crippen LogP contribution >= 0.6 is 0 Å². The average Bonchev–Trinajstić information content (AvgIpc) is 2.98. The normalized spacial score (nSPS) is 51.7. The highest BCUT2D eigenvalue weighted by Crippen LogP contribution is 2.68. The minimum Gasteiger partial charge on any atom is -0.481 e. The largest absolute Gasteiger partial charge is 0.481 e. The van der Waals surface area contributed by atoms with Gasteiger partial charge in [-0.1, -0.05) is 20.8 Å². The highest BCUT2D eigenvalue weighted by Gasteiger charge is 2.62. The second kappa shape index (κ2) is 7.27. The van der Waals surface area contributed by atoms with Gasteiger partial charge < -0.3 is 15.3 Å². The lowest BCUT2D eigenvalue weighted by Crippen LogP contribution is -2.58. The molecule has 4 heteroatoms. The summed E-state index contributed by atoms with van der Waals surface area (Å²) in [6.07, 6.45) is 9.19. The van der Waals surface area contributed by atoms with Gasteiger partial charge in [0.2, 0.25) is 0 Å². The van der Waals surface area contributed by atoms with Gasteiger partial charge in [0.05, 0.1) is 12.2 Å². The van der Waals surface area contributed by atoms with Crippen molar-refractivity contribution >= 4 is 5.97 Å². The van der Waals surface area contributed by atoms with Crippen molar-refractivity contribution in [2.24, 2.45) is 46.3 Å². The van der Waals surface area contributed by atoms with Crippen LogP contribution in [0.15, 0.2) is 0 Å². The van der Waals surface area contributed by atoms with E-state index in [9.17, 15) is 15.0 Å². The molecule has 4 fully saturated rings. The third kappa shape index (κ3) is 3.14. The molecule has 0 aromatic carbocycles. The summed E-state index contributed by atoms with van der Waals surface area (Å²) in [6.45, 7) is 7.16. The first kappa shape index (κ1) is 20.7. The van der Waals surface area contributed by atoms with Gasteiger partial charge in [0.15, 0.2) is 0 Å². The molecule has 0 amide bonds. The fourth-order valence-corrected chi connectivity index (χ4v) is 8.73. The number of rotatable bonds is 4. The lowest BCUT2D eigenvalue weighted by atomic mass is 9.43. The van der Waals surface area contributed by atoms with E-state index in [1.54, 1.807) is 0 Å². The molecule has 160 valence electrons. The average molecular weight is 393 g/mol. The van der Waals surface area contributed by atoms with Crippen molar-refractivity contribution < 1.29 is 20.1 Å². The Labute approximate surface area is 170 Å². The highest BCUT2D eigenvalue weighted by molar-refractivity contribution is 5.66. The molecule has 0 aromatic rings. The van der Waals surface area contributed by atoms with Gasteiger partial charge in [-0.15, -0.1) is 0 Å². The summed E-state index contributed by atoms with van der Waals surface area (Å²) < 4.78 is 0. The first-order valence-corrected chi connectivity index (χ1v) is 11.7. The van der Waals surface area contributed by atoms with E-state index in [0.29, 0.717) is 35.5 Å². The zero-order valence-electron chi connectivity index (χ0n) is 17.9. The van der Waals surface area contributed by atoms with Crippen molar-refractivity contribution in [2.75, 3.05) is 0 Å². The molecular weight excluding hydrogens is 352 g/mol. The van der Waals surface area contributed by atoms with Crippen molar-refractivity contribution in [1.82, 2.24) is 0 Å². The van der Waals surface area contributed by atoms with Crippen molar-refractivity contribution in [3.63, 3.8) is 0 Å². The second-order valence-corrected chi connectivity index (χ2v) is 11.4. The van der Waals surface area contributed by atoms with Crippen LogP contribution in [-0.2, 0) is 4.79 Å². The van der Waals surface area contributed by atoms with Gasteiger partial charge in [0.1, 0.15) is 0 Å². The predicted octanol–water partition coefficient (Wildman–Crippen LogP) is 4.48. The molecule has 10 atom stereocenters. The van der Waals surface area contributed by atoms with Crippen LogP contribution in [0.25, 0.3) is 0 Å². The summed E-state index contributed by atoms with van der Waals surface area (Å²) in [4.78, 5) is 11.1. The quantitative estimate of drug-likeness (QED) is 0.659. The number of carbonyl (C=O) groups is 1. The molecule has 0 aliphatic heterocycles. The Morgan fingerprint density at radius 1 is 1.00 bits per heavy atom. The minimum absolute atomic E-state index is 0.179. The van der Waals surface area contributed by atoms with Crippen molar-refractivity contribution in [3.05, 3.63) is 0 Å². The highest BCUT2D eigenvalue weighted by atomic mass is 16.4. The molecule has 4 aliphatic rings. The van der Waals surface area contributed by atoms with Crippen molar-refractivity contribution in [3.8, 4) is 0 Å². The topological polar surface area (TPSA) is 77.8 Å². The van der Waals surface area contributed by atoms with Crippen LogP contribution in [0.3, 0.4) is 0 Å². The first-order chi connectivity index (χ1) is 13.2. The maximum Gasteiger partial charge on any atom is 0.303 e. The van der Waals surface area contributed by atoms with Crippen LogP contribution in [0.4, 0.5) is 0 Å². The van der Waals surface area contributed by atoms with E-state index in [2.05, 4.69) is 20.8 Å². The van der Waals surface area contributed by atoms with Gasteiger partial charge in [-0.05, 0) is 104 Å². The van der Waals surface area contributed by atoms with E-state index >= 15 is 0 Å². The SMILES string of the molecule is C[C@H](CCC(=O)O)[C@H]1CC[C@H]2C3[C@@H](CC[C@]12C)[C@@]1(C)CC[C@H](O)C[C@H]1C[C@@H]3O. The Morgan fingerprint density at radius 3 is 2.39 bits per heavy atom. The summed E-state index contributed by atoms with van der Waals surface area (Å²) in [5.74, 6) is 2.36. The minimum atomic E-state index is -0.684. The molecule has 4 nitrogen and oxygen atoms in total. The van der Waals surface area contributed by atoms with Gasteiger partial charge >= 0.3 is 5.97 Å². The fourth-order valence-electron chi connectivity index (χ4n) is 8.73. The molecule has 3 N–H and O–H groups in total. The fraction of sp³-hybridized carbons (Fsp3) is 0.958. The number of hydrogen-bond acceptors (Lipinski definition) is 3. The standard InChI is InChI=1S/C24H40O4/c1-14(4-7-21(27)28)17-5-6-18-22-19(9-11-24(17,18)3)23(2)10-8-16(25)12-15(23)13-20(22)26/h14-20,22,25-26H,4-13H2,1-3H3,(H,27,28)/t14-,15+,16+,17-,18+,19-,20+,22?,23+,24-/m1/s1. The molecule has 4 rings (SSSR count). The van der Waals surface area contributed by atoms with Gasteiger partial charge in [-0.25, -0.2) is 0 Å². The Kier molecular flexibility index (Phi) is 5.36. The third-order valence-electron chi connectivity index (χ3n) is 10.2. The van der Waals surface area contributed by atoms with Crippen LogP contribution in [0.5, 0.6) is 0 Å². The summed E-state index contributed by atoms with van der Waals surface area (Å²) in [6, 6.07) is 0. The summed E-state index contributed by atoms with van der Waals surface area (Å²) in [5, 5.41) is 30.5. The zero-order valence-corrected chi connectivity index (χ0v) is 17.9. The van der Waals surface area contributed by atoms with Gasteiger partial charge in [0, 0.05) is 6.42 Å².